The summed E-state index contributed by atoms with van der Waals surface area (Å²) >= 11 is 0. The van der Waals surface area contributed by atoms with Crippen molar-refractivity contribution in [1.29, 1.82) is 5.41 Å². The van der Waals surface area contributed by atoms with Gasteiger partial charge in [0.1, 0.15) is 11.7 Å². The number of fused-ring (bicyclic) bond motifs is 1. The summed E-state index contributed by atoms with van der Waals surface area (Å²) in [5.41, 5.74) is 6.57. The predicted molar refractivity (Wildman–Crippen MR) is 82.8 cm³/mol. The minimum Gasteiger partial charge on any atom is -0.384 e. The van der Waals surface area contributed by atoms with Crippen LogP contribution >= 0.6 is 0 Å². The second-order valence-electron chi connectivity index (χ2n) is 6.55. The smallest absolute Gasteiger partial charge is 0.128 e. The van der Waals surface area contributed by atoms with Gasteiger partial charge in [-0.2, -0.15) is 0 Å². The molecule has 21 heavy (non-hydrogen) atoms. The topological polar surface area (TPSA) is 53.1 Å². The number of hydrogen-bond donors (Lipinski definition) is 2. The van der Waals surface area contributed by atoms with E-state index in [9.17, 15) is 4.39 Å². The first-order chi connectivity index (χ1) is 10.1. The molecule has 3 nitrogen and oxygen atoms in total. The molecular formula is C17H24FN3. The van der Waals surface area contributed by atoms with Crippen LogP contribution in [0, 0.1) is 23.1 Å². The Morgan fingerprint density at radius 2 is 2.00 bits per heavy atom. The highest BCUT2D eigenvalue weighted by Crippen LogP contribution is 2.36. The molecule has 1 aromatic rings. The Morgan fingerprint density at radius 1 is 1.24 bits per heavy atom. The van der Waals surface area contributed by atoms with E-state index in [0.717, 1.165) is 24.9 Å². The molecule has 1 saturated carbocycles. The van der Waals surface area contributed by atoms with E-state index in [2.05, 4.69) is 4.90 Å². The van der Waals surface area contributed by atoms with Crippen molar-refractivity contribution >= 4 is 5.84 Å². The Labute approximate surface area is 125 Å². The minimum absolute atomic E-state index is 0.0801. The lowest BCUT2D eigenvalue weighted by Crippen LogP contribution is -2.41. The zero-order chi connectivity index (χ0) is 14.8. The van der Waals surface area contributed by atoms with Gasteiger partial charge in [0.05, 0.1) is 0 Å². The number of hydrogen-bond acceptors (Lipinski definition) is 2. The molecule has 1 aliphatic heterocycles. The third-order valence-corrected chi connectivity index (χ3v) is 5.13. The van der Waals surface area contributed by atoms with Crippen LogP contribution in [0.2, 0.25) is 0 Å². The Balaban J connectivity index is 1.65. The number of benzene rings is 1. The van der Waals surface area contributed by atoms with E-state index in [1.165, 1.54) is 38.2 Å². The monoisotopic (exact) mass is 289 g/mol. The summed E-state index contributed by atoms with van der Waals surface area (Å²) in [5, 5.41) is 7.36. The summed E-state index contributed by atoms with van der Waals surface area (Å²) in [4.78, 5) is 2.39. The molecule has 0 bridgehead atoms. The van der Waals surface area contributed by atoms with E-state index in [1.54, 1.807) is 12.1 Å². The van der Waals surface area contributed by atoms with E-state index in [4.69, 9.17) is 11.1 Å². The van der Waals surface area contributed by atoms with Crippen molar-refractivity contribution < 1.29 is 4.39 Å². The Hall–Kier alpha value is -1.42. The number of halogens is 1. The first-order valence-electron chi connectivity index (χ1n) is 7.98. The SMILES string of the molecule is N=C(N)c1ccc(CN2CCC3CCCCC3C2)c(F)c1. The quantitative estimate of drug-likeness (QED) is 0.663. The molecule has 2 fully saturated rings. The van der Waals surface area contributed by atoms with Gasteiger partial charge in [0.15, 0.2) is 0 Å². The lowest BCUT2D eigenvalue weighted by atomic mass is 9.75. The zero-order valence-corrected chi connectivity index (χ0v) is 12.4. The van der Waals surface area contributed by atoms with Gasteiger partial charge < -0.3 is 5.73 Å². The molecule has 1 aromatic carbocycles. The van der Waals surface area contributed by atoms with E-state index in [-0.39, 0.29) is 11.7 Å². The van der Waals surface area contributed by atoms with Gasteiger partial charge in [-0.1, -0.05) is 31.4 Å². The van der Waals surface area contributed by atoms with Crippen molar-refractivity contribution in [2.75, 3.05) is 13.1 Å². The number of nitrogens with one attached hydrogen (secondary N) is 1. The van der Waals surface area contributed by atoms with Crippen molar-refractivity contribution in [3.8, 4) is 0 Å². The molecule has 1 saturated heterocycles. The minimum atomic E-state index is -0.242. The van der Waals surface area contributed by atoms with Crippen LogP contribution in [0.25, 0.3) is 0 Å². The molecule has 3 rings (SSSR count). The van der Waals surface area contributed by atoms with Crippen molar-refractivity contribution in [3.05, 3.63) is 35.1 Å². The summed E-state index contributed by atoms with van der Waals surface area (Å²) in [5.74, 6) is 1.39. The maximum atomic E-state index is 14.1. The summed E-state index contributed by atoms with van der Waals surface area (Å²) < 4.78 is 14.1. The lowest BCUT2D eigenvalue weighted by Gasteiger charge is -2.41. The average Bonchev–Trinajstić information content (AvgIpc) is 2.49. The van der Waals surface area contributed by atoms with Crippen molar-refractivity contribution in [2.24, 2.45) is 17.6 Å². The number of amidine groups is 1. The molecule has 0 amide bonds. The summed E-state index contributed by atoms with van der Waals surface area (Å²) in [7, 11) is 0. The van der Waals surface area contributed by atoms with Gasteiger partial charge in [-0.15, -0.1) is 0 Å². The highest BCUT2D eigenvalue weighted by atomic mass is 19.1. The van der Waals surface area contributed by atoms with Crippen LogP contribution in [-0.2, 0) is 6.54 Å². The number of piperidine rings is 1. The first-order valence-corrected chi connectivity index (χ1v) is 7.98. The third kappa shape index (κ3) is 3.26. The molecule has 2 unspecified atom stereocenters. The Bertz CT molecular complexity index is 529. The van der Waals surface area contributed by atoms with Crippen LogP contribution in [0.1, 0.15) is 43.2 Å². The largest absolute Gasteiger partial charge is 0.384 e. The van der Waals surface area contributed by atoms with Crippen molar-refractivity contribution in [2.45, 2.75) is 38.6 Å². The maximum Gasteiger partial charge on any atom is 0.128 e. The molecule has 0 radical (unpaired) electrons. The normalized spacial score (nSPS) is 26.3. The van der Waals surface area contributed by atoms with Crippen molar-refractivity contribution in [1.82, 2.24) is 4.90 Å². The van der Waals surface area contributed by atoms with Gasteiger partial charge in [0.2, 0.25) is 0 Å². The fourth-order valence-corrected chi connectivity index (χ4v) is 3.90. The summed E-state index contributed by atoms with van der Waals surface area (Å²) in [6.45, 7) is 2.86. The number of nitrogens with two attached hydrogens (primary N) is 1. The Morgan fingerprint density at radius 3 is 2.71 bits per heavy atom. The van der Waals surface area contributed by atoms with Crippen LogP contribution in [0.15, 0.2) is 18.2 Å². The highest BCUT2D eigenvalue weighted by molar-refractivity contribution is 5.94. The van der Waals surface area contributed by atoms with Gasteiger partial charge in [-0.25, -0.2) is 4.39 Å². The molecule has 0 aromatic heterocycles. The number of nitrogens with zero attached hydrogens (tertiary/aromatic N) is 1. The molecule has 1 aliphatic carbocycles. The third-order valence-electron chi connectivity index (χ3n) is 5.13. The predicted octanol–water partition coefficient (Wildman–Crippen LogP) is 3.12. The molecule has 2 aliphatic rings. The van der Waals surface area contributed by atoms with Crippen molar-refractivity contribution in [3.63, 3.8) is 0 Å². The van der Waals surface area contributed by atoms with E-state index in [1.807, 2.05) is 0 Å². The number of nitrogen functional groups attached to an aromatic ring is 1. The van der Waals surface area contributed by atoms with Crippen LogP contribution in [0.4, 0.5) is 4.39 Å². The van der Waals surface area contributed by atoms with E-state index < -0.39 is 0 Å². The maximum absolute atomic E-state index is 14.1. The second kappa shape index (κ2) is 6.14. The highest BCUT2D eigenvalue weighted by Gasteiger charge is 2.31. The molecule has 114 valence electrons. The number of rotatable bonds is 3. The van der Waals surface area contributed by atoms with Crippen LogP contribution in [0.3, 0.4) is 0 Å². The van der Waals surface area contributed by atoms with Gasteiger partial charge in [0.25, 0.3) is 0 Å². The standard InChI is InChI=1S/C17H24FN3/c18-16-9-13(17(19)20)5-6-15(16)11-21-8-7-12-3-1-2-4-14(12)10-21/h5-6,9,12,14H,1-4,7-8,10-11H2,(H3,19,20). The summed E-state index contributed by atoms with van der Waals surface area (Å²) in [6.07, 6.45) is 6.74. The molecule has 0 spiro atoms. The Kier molecular flexibility index (Phi) is 4.24. The molecular weight excluding hydrogens is 265 g/mol. The van der Waals surface area contributed by atoms with Gasteiger partial charge in [-0.05, 0) is 37.3 Å². The zero-order valence-electron chi connectivity index (χ0n) is 12.4. The van der Waals surface area contributed by atoms with Crippen LogP contribution < -0.4 is 5.73 Å². The molecule has 3 N–H and O–H groups in total. The van der Waals surface area contributed by atoms with Crippen LogP contribution in [0.5, 0.6) is 0 Å². The lowest BCUT2D eigenvalue weighted by molar-refractivity contribution is 0.0813. The van der Waals surface area contributed by atoms with Gasteiger partial charge in [-0.3, -0.25) is 10.3 Å². The average molecular weight is 289 g/mol. The first kappa shape index (κ1) is 14.5. The van der Waals surface area contributed by atoms with E-state index >= 15 is 0 Å². The van der Waals surface area contributed by atoms with Gasteiger partial charge in [0, 0.05) is 24.2 Å². The molecule has 1 heterocycles. The second-order valence-corrected chi connectivity index (χ2v) is 6.55. The fourth-order valence-electron chi connectivity index (χ4n) is 3.90. The fraction of sp³-hybridized carbons (Fsp3) is 0.588. The molecule has 4 heteroatoms. The molecule has 2 atom stereocenters. The van der Waals surface area contributed by atoms with Gasteiger partial charge >= 0.3 is 0 Å². The van der Waals surface area contributed by atoms with E-state index in [0.29, 0.717) is 17.7 Å². The van der Waals surface area contributed by atoms with Crippen LogP contribution in [-0.4, -0.2) is 23.8 Å². The summed E-state index contributed by atoms with van der Waals surface area (Å²) in [6, 6.07) is 4.90. The number of likely N-dealkylation sites (tertiary alicyclic amines) is 1.